The van der Waals surface area contributed by atoms with Crippen molar-refractivity contribution in [3.8, 4) is 11.1 Å². The lowest BCUT2D eigenvalue weighted by Gasteiger charge is -2.05. The quantitative estimate of drug-likeness (QED) is 0.508. The zero-order chi connectivity index (χ0) is 16.5. The molecule has 4 aromatic rings. The number of anilines is 1. The van der Waals surface area contributed by atoms with E-state index in [0.29, 0.717) is 17.7 Å². The summed E-state index contributed by atoms with van der Waals surface area (Å²) >= 11 is 0. The van der Waals surface area contributed by atoms with Gasteiger partial charge < -0.3 is 10.7 Å². The molecule has 0 aliphatic heterocycles. The van der Waals surface area contributed by atoms with Gasteiger partial charge in [0.1, 0.15) is 11.5 Å². The number of fused-ring (bicyclic) bond motifs is 1. The van der Waals surface area contributed by atoms with E-state index in [-0.39, 0.29) is 13.2 Å². The number of hydrogen-bond donors (Lipinski definition) is 2. The van der Waals surface area contributed by atoms with Crippen molar-refractivity contribution in [2.24, 2.45) is 0 Å². The van der Waals surface area contributed by atoms with Crippen LogP contribution in [0.1, 0.15) is 18.6 Å². The molecule has 0 spiro atoms. The Morgan fingerprint density at radius 2 is 1.80 bits per heavy atom. The SMILES string of the molecule is C.Nc1cccc(-c2cnc3[nH]cc(Cc4ccccc4F)c3c2)c1. The van der Waals surface area contributed by atoms with Crippen molar-refractivity contribution in [2.45, 2.75) is 13.8 Å². The van der Waals surface area contributed by atoms with Crippen LogP contribution in [0.5, 0.6) is 0 Å². The first-order chi connectivity index (χ1) is 11.7. The lowest BCUT2D eigenvalue weighted by molar-refractivity contribution is 0.614. The van der Waals surface area contributed by atoms with Crippen LogP contribution in [0, 0.1) is 5.82 Å². The first-order valence-corrected chi connectivity index (χ1v) is 7.76. The van der Waals surface area contributed by atoms with Gasteiger partial charge in [-0.1, -0.05) is 37.8 Å². The first-order valence-electron chi connectivity index (χ1n) is 7.76. The molecule has 2 heterocycles. The Balaban J connectivity index is 0.00000182. The van der Waals surface area contributed by atoms with Gasteiger partial charge in [0.2, 0.25) is 0 Å². The topological polar surface area (TPSA) is 54.7 Å². The predicted molar refractivity (Wildman–Crippen MR) is 102 cm³/mol. The van der Waals surface area contributed by atoms with Gasteiger partial charge in [0.25, 0.3) is 0 Å². The van der Waals surface area contributed by atoms with E-state index in [2.05, 4.69) is 16.0 Å². The van der Waals surface area contributed by atoms with Crippen molar-refractivity contribution in [3.05, 3.63) is 83.9 Å². The van der Waals surface area contributed by atoms with E-state index in [1.807, 2.05) is 48.8 Å². The molecule has 0 unspecified atom stereocenters. The van der Waals surface area contributed by atoms with Gasteiger partial charge in [0, 0.05) is 35.5 Å². The molecule has 3 N–H and O–H groups in total. The molecule has 0 bridgehead atoms. The Bertz CT molecular complexity index is 1020. The Hall–Kier alpha value is -3.14. The summed E-state index contributed by atoms with van der Waals surface area (Å²) in [5, 5.41) is 0.998. The van der Waals surface area contributed by atoms with E-state index in [0.717, 1.165) is 27.7 Å². The van der Waals surface area contributed by atoms with E-state index in [4.69, 9.17) is 5.73 Å². The third kappa shape index (κ3) is 3.24. The Labute approximate surface area is 146 Å². The highest BCUT2D eigenvalue weighted by Gasteiger charge is 2.10. The molecule has 0 saturated carbocycles. The summed E-state index contributed by atoms with van der Waals surface area (Å²) in [6.45, 7) is 0. The summed E-state index contributed by atoms with van der Waals surface area (Å²) in [5.41, 5.74) is 11.1. The van der Waals surface area contributed by atoms with Gasteiger partial charge in [-0.25, -0.2) is 9.37 Å². The van der Waals surface area contributed by atoms with Crippen LogP contribution in [0.2, 0.25) is 0 Å². The number of H-pyrrole nitrogens is 1. The molecular formula is C21H20FN3. The van der Waals surface area contributed by atoms with Crippen LogP contribution in [0.25, 0.3) is 22.2 Å². The van der Waals surface area contributed by atoms with E-state index < -0.39 is 0 Å². The van der Waals surface area contributed by atoms with Crippen molar-refractivity contribution in [1.29, 1.82) is 0 Å². The number of aromatic amines is 1. The third-order valence-corrected chi connectivity index (χ3v) is 4.18. The minimum atomic E-state index is -0.188. The number of halogens is 1. The van der Waals surface area contributed by atoms with Crippen LogP contribution in [0.15, 0.2) is 67.0 Å². The van der Waals surface area contributed by atoms with Crippen LogP contribution >= 0.6 is 0 Å². The number of nitrogens with one attached hydrogen (secondary N) is 1. The van der Waals surface area contributed by atoms with Gasteiger partial charge in [-0.05, 0) is 41.0 Å². The molecule has 2 aromatic heterocycles. The van der Waals surface area contributed by atoms with Crippen LogP contribution in [-0.4, -0.2) is 9.97 Å². The van der Waals surface area contributed by atoms with Crippen LogP contribution in [-0.2, 0) is 6.42 Å². The summed E-state index contributed by atoms with van der Waals surface area (Å²) in [6, 6.07) is 16.6. The van der Waals surface area contributed by atoms with Crippen LogP contribution in [0.4, 0.5) is 10.1 Å². The second-order valence-corrected chi connectivity index (χ2v) is 5.83. The number of rotatable bonds is 3. The zero-order valence-corrected chi connectivity index (χ0v) is 13.0. The molecular weight excluding hydrogens is 313 g/mol. The summed E-state index contributed by atoms with van der Waals surface area (Å²) in [7, 11) is 0. The second kappa shape index (κ2) is 6.77. The standard InChI is InChI=1S/C20H16FN3.CH4/c21-19-7-2-1-4-14(19)8-16-12-24-20-18(16)10-15(11-23-20)13-5-3-6-17(22)9-13;/h1-7,9-12H,8,22H2,(H,23,24);1H4. The van der Waals surface area contributed by atoms with Gasteiger partial charge in [0.15, 0.2) is 0 Å². The summed E-state index contributed by atoms with van der Waals surface area (Å²) in [5.74, 6) is -0.188. The predicted octanol–water partition coefficient (Wildman–Crippen LogP) is 5.18. The number of hydrogen-bond acceptors (Lipinski definition) is 2. The molecule has 0 saturated heterocycles. The van der Waals surface area contributed by atoms with Crippen molar-refractivity contribution >= 4 is 16.7 Å². The number of nitrogens with zero attached hydrogens (tertiary/aromatic N) is 1. The molecule has 3 nitrogen and oxygen atoms in total. The number of nitrogens with two attached hydrogens (primary N) is 1. The lowest BCUT2D eigenvalue weighted by Crippen LogP contribution is -1.91. The molecule has 126 valence electrons. The van der Waals surface area contributed by atoms with Gasteiger partial charge in [-0.3, -0.25) is 0 Å². The molecule has 2 aromatic carbocycles. The fourth-order valence-electron chi connectivity index (χ4n) is 2.93. The van der Waals surface area contributed by atoms with Crippen molar-refractivity contribution in [3.63, 3.8) is 0 Å². The number of benzene rings is 2. The lowest BCUT2D eigenvalue weighted by atomic mass is 10.0. The van der Waals surface area contributed by atoms with Crippen LogP contribution in [0.3, 0.4) is 0 Å². The fourth-order valence-corrected chi connectivity index (χ4v) is 2.93. The molecule has 0 atom stereocenters. The maximum Gasteiger partial charge on any atom is 0.137 e. The van der Waals surface area contributed by atoms with Crippen molar-refractivity contribution in [2.75, 3.05) is 5.73 Å². The normalized spacial score (nSPS) is 10.6. The Morgan fingerprint density at radius 1 is 0.960 bits per heavy atom. The van der Waals surface area contributed by atoms with Gasteiger partial charge in [0.05, 0.1) is 0 Å². The van der Waals surface area contributed by atoms with Gasteiger partial charge >= 0.3 is 0 Å². The number of aromatic nitrogens is 2. The monoisotopic (exact) mass is 333 g/mol. The smallest absolute Gasteiger partial charge is 0.137 e. The minimum absolute atomic E-state index is 0. The molecule has 4 heteroatoms. The van der Waals surface area contributed by atoms with Crippen molar-refractivity contribution < 1.29 is 4.39 Å². The molecule has 0 radical (unpaired) electrons. The largest absolute Gasteiger partial charge is 0.399 e. The van der Waals surface area contributed by atoms with E-state index in [1.54, 1.807) is 6.07 Å². The third-order valence-electron chi connectivity index (χ3n) is 4.18. The average molecular weight is 333 g/mol. The van der Waals surface area contributed by atoms with Crippen molar-refractivity contribution in [1.82, 2.24) is 9.97 Å². The Morgan fingerprint density at radius 3 is 2.60 bits per heavy atom. The molecule has 4 rings (SSSR count). The Kier molecular flexibility index (Phi) is 4.52. The number of nitrogen functional groups attached to an aromatic ring is 1. The highest BCUT2D eigenvalue weighted by atomic mass is 19.1. The summed E-state index contributed by atoms with van der Waals surface area (Å²) in [6.07, 6.45) is 4.24. The zero-order valence-electron chi connectivity index (χ0n) is 13.0. The average Bonchev–Trinajstić information content (AvgIpc) is 2.99. The van der Waals surface area contributed by atoms with E-state index in [1.165, 1.54) is 6.07 Å². The molecule has 0 fully saturated rings. The summed E-state index contributed by atoms with van der Waals surface area (Å²) in [4.78, 5) is 7.64. The maximum absolute atomic E-state index is 13.9. The second-order valence-electron chi connectivity index (χ2n) is 5.83. The highest BCUT2D eigenvalue weighted by Crippen LogP contribution is 2.27. The molecule has 0 aliphatic rings. The fraction of sp³-hybridized carbons (Fsp3) is 0.0952. The molecule has 25 heavy (non-hydrogen) atoms. The maximum atomic E-state index is 13.9. The highest BCUT2D eigenvalue weighted by molar-refractivity contribution is 5.85. The summed E-state index contributed by atoms with van der Waals surface area (Å²) < 4.78 is 13.9. The van der Waals surface area contributed by atoms with Gasteiger partial charge in [-0.15, -0.1) is 0 Å². The first kappa shape index (κ1) is 16.7. The van der Waals surface area contributed by atoms with E-state index in [9.17, 15) is 4.39 Å². The molecule has 0 aliphatic carbocycles. The van der Waals surface area contributed by atoms with Gasteiger partial charge in [-0.2, -0.15) is 0 Å². The minimum Gasteiger partial charge on any atom is -0.399 e. The van der Waals surface area contributed by atoms with E-state index >= 15 is 0 Å². The van der Waals surface area contributed by atoms with Crippen LogP contribution < -0.4 is 5.73 Å². The molecule has 0 amide bonds. The number of pyridine rings is 1.